The third-order valence-corrected chi connectivity index (χ3v) is 3.75. The summed E-state index contributed by atoms with van der Waals surface area (Å²) in [6, 6.07) is 0.725. The van der Waals surface area contributed by atoms with E-state index in [0.29, 0.717) is 11.7 Å². The van der Waals surface area contributed by atoms with Crippen LogP contribution in [0.15, 0.2) is 0 Å². The van der Waals surface area contributed by atoms with Crippen LogP contribution >= 0.6 is 11.8 Å². The molecule has 2 fully saturated rings. The number of nitrogens with one attached hydrogen (secondary N) is 1. The topological polar surface area (TPSA) is 35.6 Å². The van der Waals surface area contributed by atoms with Crippen LogP contribution in [0.5, 0.6) is 0 Å². The summed E-state index contributed by atoms with van der Waals surface area (Å²) in [4.78, 5) is 16.1. The van der Waals surface area contributed by atoms with Gasteiger partial charge >= 0.3 is 0 Å². The molecule has 2 aliphatic heterocycles. The van der Waals surface area contributed by atoms with Crippen LogP contribution in [0.4, 0.5) is 0 Å². The van der Waals surface area contributed by atoms with E-state index in [1.807, 2.05) is 11.2 Å². The first-order valence-corrected chi connectivity index (χ1v) is 6.92. The Bertz CT molecular complexity index is 225. The highest BCUT2D eigenvalue weighted by atomic mass is 32.2. The van der Waals surface area contributed by atoms with Crippen molar-refractivity contribution in [1.29, 1.82) is 0 Å². The largest absolute Gasteiger partial charge is 0.339 e. The molecule has 0 bridgehead atoms. The molecule has 86 valence electrons. The number of rotatable bonds is 3. The normalized spacial score (nSPS) is 23.9. The summed E-state index contributed by atoms with van der Waals surface area (Å²) in [5, 5.41) is 3.29. The molecule has 0 aromatic carbocycles. The molecule has 0 unspecified atom stereocenters. The minimum Gasteiger partial charge on any atom is -0.339 e. The quantitative estimate of drug-likeness (QED) is 0.705. The molecule has 0 aromatic heterocycles. The maximum Gasteiger partial charge on any atom is 0.232 e. The summed E-state index contributed by atoms with van der Waals surface area (Å²) >= 11 is 1.61. The van der Waals surface area contributed by atoms with E-state index in [2.05, 4.69) is 10.2 Å². The Hall–Kier alpha value is -0.260. The summed E-state index contributed by atoms with van der Waals surface area (Å²) in [5.74, 6) is 0.930. The van der Waals surface area contributed by atoms with E-state index in [-0.39, 0.29) is 0 Å². The van der Waals surface area contributed by atoms with Gasteiger partial charge in [-0.05, 0) is 6.26 Å². The van der Waals surface area contributed by atoms with E-state index >= 15 is 0 Å². The molecule has 5 heteroatoms. The van der Waals surface area contributed by atoms with Crippen molar-refractivity contribution in [3.8, 4) is 0 Å². The van der Waals surface area contributed by atoms with Crippen LogP contribution in [0.1, 0.15) is 0 Å². The second-order valence-corrected chi connectivity index (χ2v) is 5.03. The summed E-state index contributed by atoms with van der Waals surface area (Å²) in [7, 11) is 0. The van der Waals surface area contributed by atoms with E-state index in [1.165, 1.54) is 0 Å². The van der Waals surface area contributed by atoms with Crippen LogP contribution in [-0.4, -0.2) is 73.0 Å². The number of carbonyl (C=O) groups excluding carboxylic acids is 1. The molecule has 0 atom stereocenters. The fourth-order valence-electron chi connectivity index (χ4n) is 2.08. The van der Waals surface area contributed by atoms with Gasteiger partial charge in [0.2, 0.25) is 5.91 Å². The van der Waals surface area contributed by atoms with Crippen molar-refractivity contribution < 1.29 is 4.79 Å². The van der Waals surface area contributed by atoms with Gasteiger partial charge in [-0.1, -0.05) is 0 Å². The highest BCUT2D eigenvalue weighted by Gasteiger charge is 2.28. The van der Waals surface area contributed by atoms with E-state index in [4.69, 9.17) is 0 Å². The van der Waals surface area contributed by atoms with Crippen molar-refractivity contribution in [3.63, 3.8) is 0 Å². The zero-order valence-corrected chi connectivity index (χ0v) is 10.1. The predicted molar refractivity (Wildman–Crippen MR) is 63.2 cm³/mol. The smallest absolute Gasteiger partial charge is 0.232 e. The van der Waals surface area contributed by atoms with E-state index in [1.54, 1.807) is 11.8 Å². The Labute approximate surface area is 95.4 Å². The average Bonchev–Trinajstić information content (AvgIpc) is 2.16. The zero-order valence-electron chi connectivity index (χ0n) is 9.24. The van der Waals surface area contributed by atoms with Gasteiger partial charge in [0.25, 0.3) is 0 Å². The van der Waals surface area contributed by atoms with Gasteiger partial charge in [-0.25, -0.2) is 0 Å². The molecule has 2 aliphatic rings. The number of nitrogens with zero attached hydrogens (tertiary/aromatic N) is 2. The number of carbonyl (C=O) groups is 1. The molecule has 0 saturated carbocycles. The van der Waals surface area contributed by atoms with Crippen LogP contribution in [-0.2, 0) is 4.79 Å². The first-order chi connectivity index (χ1) is 7.31. The lowest BCUT2D eigenvalue weighted by Crippen LogP contribution is -2.62. The lowest BCUT2D eigenvalue weighted by Gasteiger charge is -2.43. The van der Waals surface area contributed by atoms with Crippen LogP contribution in [0.2, 0.25) is 0 Å². The van der Waals surface area contributed by atoms with Gasteiger partial charge in [-0.2, -0.15) is 11.8 Å². The summed E-state index contributed by atoms with van der Waals surface area (Å²) < 4.78 is 0. The molecule has 1 amide bonds. The number of amides is 1. The highest BCUT2D eigenvalue weighted by Crippen LogP contribution is 2.10. The van der Waals surface area contributed by atoms with E-state index < -0.39 is 0 Å². The molecule has 2 saturated heterocycles. The molecule has 15 heavy (non-hydrogen) atoms. The first-order valence-electron chi connectivity index (χ1n) is 5.52. The Morgan fingerprint density at radius 3 is 2.47 bits per heavy atom. The van der Waals surface area contributed by atoms with Crippen molar-refractivity contribution in [2.45, 2.75) is 6.04 Å². The Kier molecular flexibility index (Phi) is 3.88. The van der Waals surface area contributed by atoms with Gasteiger partial charge in [-0.15, -0.1) is 0 Å². The van der Waals surface area contributed by atoms with Gasteiger partial charge in [0.15, 0.2) is 0 Å². The van der Waals surface area contributed by atoms with Gasteiger partial charge < -0.3 is 10.2 Å². The molecule has 0 aliphatic carbocycles. The second-order valence-electron chi connectivity index (χ2n) is 4.16. The minimum atomic E-state index is 0.300. The number of hydrogen-bond donors (Lipinski definition) is 1. The van der Waals surface area contributed by atoms with Crippen LogP contribution in [0.3, 0.4) is 0 Å². The van der Waals surface area contributed by atoms with Gasteiger partial charge in [0.05, 0.1) is 5.75 Å². The van der Waals surface area contributed by atoms with Crippen molar-refractivity contribution in [3.05, 3.63) is 0 Å². The van der Waals surface area contributed by atoms with Crippen LogP contribution < -0.4 is 5.32 Å². The monoisotopic (exact) mass is 229 g/mol. The molecule has 4 nitrogen and oxygen atoms in total. The fourth-order valence-corrected chi connectivity index (χ4v) is 2.51. The first kappa shape index (κ1) is 11.2. The molecule has 2 rings (SSSR count). The Morgan fingerprint density at radius 1 is 1.33 bits per heavy atom. The lowest BCUT2D eigenvalue weighted by molar-refractivity contribution is -0.130. The molecular weight excluding hydrogens is 210 g/mol. The maximum absolute atomic E-state index is 11.6. The van der Waals surface area contributed by atoms with Gasteiger partial charge in [0, 0.05) is 45.3 Å². The standard InChI is InChI=1S/C10H19N3OS/c1-15-8-10(14)13-4-2-12(3-5-13)9-6-11-7-9/h9,11H,2-8H2,1H3. The molecule has 2 heterocycles. The van der Waals surface area contributed by atoms with Crippen LogP contribution in [0, 0.1) is 0 Å². The number of thioether (sulfide) groups is 1. The molecule has 0 spiro atoms. The van der Waals surface area contributed by atoms with E-state index in [9.17, 15) is 4.79 Å². The minimum absolute atomic E-state index is 0.300. The molecule has 0 radical (unpaired) electrons. The molecule has 0 aromatic rings. The van der Waals surface area contributed by atoms with Gasteiger partial charge in [-0.3, -0.25) is 9.69 Å². The van der Waals surface area contributed by atoms with Crippen molar-refractivity contribution in [2.75, 3.05) is 51.3 Å². The van der Waals surface area contributed by atoms with E-state index in [0.717, 1.165) is 45.3 Å². The summed E-state index contributed by atoms with van der Waals surface area (Å²) in [5.41, 5.74) is 0. The third kappa shape index (κ3) is 2.65. The second kappa shape index (κ2) is 5.18. The average molecular weight is 229 g/mol. The lowest BCUT2D eigenvalue weighted by atomic mass is 10.1. The van der Waals surface area contributed by atoms with Crippen molar-refractivity contribution in [1.82, 2.24) is 15.1 Å². The SMILES string of the molecule is CSCC(=O)N1CCN(C2CNC2)CC1. The Morgan fingerprint density at radius 2 is 2.00 bits per heavy atom. The molecule has 1 N–H and O–H groups in total. The highest BCUT2D eigenvalue weighted by molar-refractivity contribution is 7.99. The maximum atomic E-state index is 11.6. The third-order valence-electron chi connectivity index (χ3n) is 3.21. The van der Waals surface area contributed by atoms with Gasteiger partial charge in [0.1, 0.15) is 0 Å². The number of hydrogen-bond acceptors (Lipinski definition) is 4. The predicted octanol–water partition coefficient (Wildman–Crippen LogP) is -0.535. The summed E-state index contributed by atoms with van der Waals surface area (Å²) in [6.07, 6.45) is 1.98. The Balaban J connectivity index is 1.73. The zero-order chi connectivity index (χ0) is 10.7. The van der Waals surface area contributed by atoms with Crippen LogP contribution in [0.25, 0.3) is 0 Å². The fraction of sp³-hybridized carbons (Fsp3) is 0.900. The number of piperazine rings is 1. The van der Waals surface area contributed by atoms with Crippen molar-refractivity contribution >= 4 is 17.7 Å². The summed E-state index contributed by atoms with van der Waals surface area (Å²) in [6.45, 7) is 6.17. The molecular formula is C10H19N3OS. The van der Waals surface area contributed by atoms with Crippen molar-refractivity contribution in [2.24, 2.45) is 0 Å².